The van der Waals surface area contributed by atoms with E-state index in [0.29, 0.717) is 10.0 Å². The third-order valence-corrected chi connectivity index (χ3v) is 4.53. The number of benzene rings is 2. The average molecular weight is 413 g/mol. The quantitative estimate of drug-likeness (QED) is 0.811. The van der Waals surface area contributed by atoms with Crippen LogP contribution in [-0.4, -0.2) is 33.6 Å². The van der Waals surface area contributed by atoms with Crippen LogP contribution >= 0.6 is 15.9 Å². The number of halogens is 4. The number of alkyl halides is 3. The van der Waals surface area contributed by atoms with E-state index in [0.717, 1.165) is 0 Å². The topological polar surface area (TPSA) is 52.9 Å². The molecule has 1 atom stereocenters. The Kier molecular flexibility index (Phi) is 4.42. The molecule has 25 heavy (non-hydrogen) atoms. The van der Waals surface area contributed by atoms with E-state index in [2.05, 4.69) is 21.0 Å². The smallest absolute Gasteiger partial charge is 0.362 e. The van der Waals surface area contributed by atoms with Crippen LogP contribution in [0.5, 0.6) is 0 Å². The van der Waals surface area contributed by atoms with E-state index in [1.54, 1.807) is 36.4 Å². The summed E-state index contributed by atoms with van der Waals surface area (Å²) in [5.41, 5.74) is -3.03. The molecule has 1 unspecified atom stereocenters. The van der Waals surface area contributed by atoms with Gasteiger partial charge in [0.2, 0.25) is 0 Å². The number of hydrazone groups is 1. The Morgan fingerprint density at radius 1 is 1.12 bits per heavy atom. The molecule has 0 radical (unpaired) electrons. The monoisotopic (exact) mass is 412 g/mol. The summed E-state index contributed by atoms with van der Waals surface area (Å²) in [6.07, 6.45) is -5.90. The van der Waals surface area contributed by atoms with Gasteiger partial charge >= 0.3 is 6.18 Å². The third kappa shape index (κ3) is 3.07. The van der Waals surface area contributed by atoms with Gasteiger partial charge in [-0.15, -0.1) is 0 Å². The van der Waals surface area contributed by atoms with Gasteiger partial charge in [-0.2, -0.15) is 23.3 Å². The Morgan fingerprint density at radius 3 is 2.32 bits per heavy atom. The number of aliphatic hydroxyl groups is 1. The van der Waals surface area contributed by atoms with Crippen molar-refractivity contribution in [2.75, 3.05) is 0 Å². The van der Waals surface area contributed by atoms with E-state index >= 15 is 0 Å². The van der Waals surface area contributed by atoms with E-state index in [-0.39, 0.29) is 16.3 Å². The van der Waals surface area contributed by atoms with Crippen molar-refractivity contribution in [3.8, 4) is 0 Å². The van der Waals surface area contributed by atoms with Crippen LogP contribution in [0.25, 0.3) is 0 Å². The second kappa shape index (κ2) is 6.27. The Labute approximate surface area is 149 Å². The molecule has 0 spiro atoms. The number of hydrogen-bond acceptors (Lipinski definition) is 3. The average Bonchev–Trinajstić information content (AvgIpc) is 2.94. The molecule has 0 aliphatic carbocycles. The fourth-order valence-electron chi connectivity index (χ4n) is 2.52. The second-order valence-electron chi connectivity index (χ2n) is 5.50. The van der Waals surface area contributed by atoms with Crippen molar-refractivity contribution in [2.45, 2.75) is 18.3 Å². The number of hydrogen-bond donors (Lipinski definition) is 1. The van der Waals surface area contributed by atoms with Gasteiger partial charge in [-0.05, 0) is 33.6 Å². The molecular weight excluding hydrogens is 401 g/mol. The predicted molar refractivity (Wildman–Crippen MR) is 88.9 cm³/mol. The molecule has 2 aromatic carbocycles. The first-order valence-corrected chi connectivity index (χ1v) is 8.04. The highest BCUT2D eigenvalue weighted by Gasteiger charge is 2.63. The molecule has 0 aromatic heterocycles. The van der Waals surface area contributed by atoms with Crippen molar-refractivity contribution in [1.29, 1.82) is 0 Å². The largest absolute Gasteiger partial charge is 0.438 e. The van der Waals surface area contributed by atoms with Crippen molar-refractivity contribution < 1.29 is 23.1 Å². The standard InChI is InChI=1S/C17H12BrF3N2O2/c18-13-9-5-4-8-12(13)15(24)23-16(25,17(19,20)21)10-14(22-23)11-6-2-1-3-7-11/h1-9,25H,10H2. The van der Waals surface area contributed by atoms with Gasteiger partial charge in [0.05, 0.1) is 17.7 Å². The molecule has 1 amide bonds. The van der Waals surface area contributed by atoms with Crippen LogP contribution in [0.4, 0.5) is 13.2 Å². The van der Waals surface area contributed by atoms with Crippen LogP contribution in [0.2, 0.25) is 0 Å². The summed E-state index contributed by atoms with van der Waals surface area (Å²) < 4.78 is 40.9. The molecule has 0 saturated heterocycles. The highest BCUT2D eigenvalue weighted by Crippen LogP contribution is 2.42. The molecule has 2 aromatic rings. The summed E-state index contributed by atoms with van der Waals surface area (Å²) in [7, 11) is 0. The van der Waals surface area contributed by atoms with E-state index < -0.39 is 24.2 Å². The summed E-state index contributed by atoms with van der Waals surface area (Å²) in [6, 6.07) is 14.2. The number of rotatable bonds is 2. The van der Waals surface area contributed by atoms with Gasteiger partial charge in [0.25, 0.3) is 11.6 Å². The van der Waals surface area contributed by atoms with E-state index in [9.17, 15) is 23.1 Å². The van der Waals surface area contributed by atoms with E-state index in [1.165, 1.54) is 18.2 Å². The maximum Gasteiger partial charge on any atom is 0.438 e. The van der Waals surface area contributed by atoms with Gasteiger partial charge in [-0.25, -0.2) is 0 Å². The first-order chi connectivity index (χ1) is 11.7. The summed E-state index contributed by atoms with van der Waals surface area (Å²) in [5, 5.41) is 14.2. The predicted octanol–water partition coefficient (Wildman–Crippen LogP) is 3.95. The summed E-state index contributed by atoms with van der Waals surface area (Å²) >= 11 is 3.13. The molecule has 0 saturated carbocycles. The Balaban J connectivity index is 2.08. The van der Waals surface area contributed by atoms with Crippen molar-refractivity contribution >= 4 is 27.5 Å². The maximum absolute atomic E-state index is 13.5. The summed E-state index contributed by atoms with van der Waals surface area (Å²) in [5.74, 6) is -1.04. The Hall–Kier alpha value is -2.19. The Morgan fingerprint density at radius 2 is 1.72 bits per heavy atom. The van der Waals surface area contributed by atoms with Crippen molar-refractivity contribution in [2.24, 2.45) is 5.10 Å². The van der Waals surface area contributed by atoms with Gasteiger partial charge in [0.15, 0.2) is 0 Å². The molecule has 8 heteroatoms. The van der Waals surface area contributed by atoms with Crippen molar-refractivity contribution in [3.05, 3.63) is 70.2 Å². The molecule has 3 rings (SSSR count). The first-order valence-electron chi connectivity index (χ1n) is 7.25. The molecule has 4 nitrogen and oxygen atoms in total. The SMILES string of the molecule is O=C(c1ccccc1Br)N1N=C(c2ccccc2)CC1(O)C(F)(F)F. The van der Waals surface area contributed by atoms with Crippen LogP contribution in [0, 0.1) is 0 Å². The van der Waals surface area contributed by atoms with Gasteiger partial charge in [-0.3, -0.25) is 4.79 Å². The summed E-state index contributed by atoms with van der Waals surface area (Å²) in [6.45, 7) is 0. The van der Waals surface area contributed by atoms with E-state index in [4.69, 9.17) is 0 Å². The number of amides is 1. The normalized spacial score (nSPS) is 20.5. The van der Waals surface area contributed by atoms with Gasteiger partial charge in [0, 0.05) is 4.47 Å². The molecule has 1 heterocycles. The van der Waals surface area contributed by atoms with Crippen LogP contribution in [0.1, 0.15) is 22.3 Å². The zero-order valence-corrected chi connectivity index (χ0v) is 14.3. The molecule has 1 aliphatic heterocycles. The Bertz CT molecular complexity index is 839. The minimum absolute atomic E-state index is 0.0131. The lowest BCUT2D eigenvalue weighted by molar-refractivity contribution is -0.297. The van der Waals surface area contributed by atoms with Crippen molar-refractivity contribution in [3.63, 3.8) is 0 Å². The third-order valence-electron chi connectivity index (χ3n) is 3.84. The molecule has 130 valence electrons. The number of carbonyl (C=O) groups excluding carboxylic acids is 1. The van der Waals surface area contributed by atoms with E-state index in [1.807, 2.05) is 0 Å². The second-order valence-corrected chi connectivity index (χ2v) is 6.36. The van der Waals surface area contributed by atoms with Gasteiger partial charge in [0.1, 0.15) is 0 Å². The molecule has 1 N–H and O–H groups in total. The fraction of sp³-hybridized carbons (Fsp3) is 0.176. The highest BCUT2D eigenvalue weighted by molar-refractivity contribution is 9.10. The minimum Gasteiger partial charge on any atom is -0.362 e. The lowest BCUT2D eigenvalue weighted by Crippen LogP contribution is -2.56. The van der Waals surface area contributed by atoms with Gasteiger partial charge in [-0.1, -0.05) is 42.5 Å². The zero-order chi connectivity index (χ0) is 18.2. The molecular formula is C17H12BrF3N2O2. The van der Waals surface area contributed by atoms with Gasteiger partial charge < -0.3 is 5.11 Å². The maximum atomic E-state index is 13.5. The van der Waals surface area contributed by atoms with Crippen LogP contribution < -0.4 is 0 Å². The van der Waals surface area contributed by atoms with Crippen LogP contribution in [-0.2, 0) is 0 Å². The zero-order valence-electron chi connectivity index (χ0n) is 12.7. The molecule has 0 fully saturated rings. The number of carbonyl (C=O) groups is 1. The first kappa shape index (κ1) is 17.6. The molecule has 1 aliphatic rings. The molecule has 0 bridgehead atoms. The lowest BCUT2D eigenvalue weighted by atomic mass is 10.0. The highest BCUT2D eigenvalue weighted by atomic mass is 79.9. The minimum atomic E-state index is -5.07. The summed E-state index contributed by atoms with van der Waals surface area (Å²) in [4.78, 5) is 12.6. The fourth-order valence-corrected chi connectivity index (χ4v) is 2.97. The van der Waals surface area contributed by atoms with Crippen molar-refractivity contribution in [1.82, 2.24) is 5.01 Å². The lowest BCUT2D eigenvalue weighted by Gasteiger charge is -2.32. The number of nitrogens with zero attached hydrogens (tertiary/aromatic N) is 2. The van der Waals surface area contributed by atoms with Crippen LogP contribution in [0.15, 0.2) is 64.2 Å². The van der Waals surface area contributed by atoms with Crippen LogP contribution in [0.3, 0.4) is 0 Å².